The number of benzene rings is 1. The van der Waals surface area contributed by atoms with E-state index in [1.54, 1.807) is 7.11 Å². The summed E-state index contributed by atoms with van der Waals surface area (Å²) in [5, 5.41) is 0. The molecule has 14 heavy (non-hydrogen) atoms. The molecule has 2 atom stereocenters. The molecule has 0 saturated heterocycles. The first-order valence-corrected chi connectivity index (χ1v) is 4.89. The lowest BCUT2D eigenvalue weighted by Gasteiger charge is -2.10. The van der Waals surface area contributed by atoms with Crippen LogP contribution in [0.25, 0.3) is 0 Å². The molecular formula is C12H18O2. The van der Waals surface area contributed by atoms with E-state index in [1.165, 1.54) is 0 Å². The summed E-state index contributed by atoms with van der Waals surface area (Å²) in [6, 6.07) is 7.41. The highest BCUT2D eigenvalue weighted by Crippen LogP contribution is 2.12. The lowest BCUT2D eigenvalue weighted by molar-refractivity contribution is 0.0508. The van der Waals surface area contributed by atoms with Gasteiger partial charge in [-0.3, -0.25) is 0 Å². The van der Waals surface area contributed by atoms with Gasteiger partial charge in [-0.2, -0.15) is 0 Å². The Balaban J connectivity index is 2.61. The molecular weight excluding hydrogens is 176 g/mol. The second-order valence-electron chi connectivity index (χ2n) is 3.25. The highest BCUT2D eigenvalue weighted by atomic mass is 16.5. The van der Waals surface area contributed by atoms with Gasteiger partial charge in [0.15, 0.2) is 0 Å². The van der Waals surface area contributed by atoms with Crippen LogP contribution in [0, 0.1) is 0 Å². The molecule has 0 spiro atoms. The van der Waals surface area contributed by atoms with Gasteiger partial charge in [0, 0.05) is 0 Å². The number of methoxy groups -OCH3 is 1. The maximum absolute atomic E-state index is 7.81. The summed E-state index contributed by atoms with van der Waals surface area (Å²) in [6.07, 6.45) is 1.04. The standard InChI is InChI=1S/C12H18O2/c1-4-10(2)14-9-11-5-7-12(13-3)8-6-11/h5-8,10H,4,9H2,1-3H3/i9D. The summed E-state index contributed by atoms with van der Waals surface area (Å²) in [7, 11) is 1.63. The smallest absolute Gasteiger partial charge is 0.118 e. The van der Waals surface area contributed by atoms with Crippen LogP contribution in [0.4, 0.5) is 0 Å². The molecule has 0 amide bonds. The van der Waals surface area contributed by atoms with Crippen LogP contribution in [0.1, 0.15) is 27.2 Å². The Kier molecular flexibility index (Phi) is 3.85. The van der Waals surface area contributed by atoms with Gasteiger partial charge in [0.1, 0.15) is 5.75 Å². The molecule has 0 heterocycles. The molecule has 1 rings (SSSR count). The van der Waals surface area contributed by atoms with E-state index in [9.17, 15) is 0 Å². The molecule has 2 nitrogen and oxygen atoms in total. The third-order valence-electron chi connectivity index (χ3n) is 2.13. The van der Waals surface area contributed by atoms with E-state index in [2.05, 4.69) is 0 Å². The van der Waals surface area contributed by atoms with Crippen molar-refractivity contribution in [1.82, 2.24) is 0 Å². The Morgan fingerprint density at radius 2 is 2.00 bits per heavy atom. The molecule has 0 fully saturated rings. The van der Waals surface area contributed by atoms with Gasteiger partial charge in [-0.25, -0.2) is 0 Å². The molecule has 0 aliphatic rings. The van der Waals surface area contributed by atoms with Crippen LogP contribution in [0.5, 0.6) is 5.75 Å². The molecule has 1 aromatic rings. The van der Waals surface area contributed by atoms with Crippen molar-refractivity contribution in [3.8, 4) is 5.75 Å². The predicted octanol–water partition coefficient (Wildman–Crippen LogP) is 3.01. The molecule has 2 unspecified atom stereocenters. The zero-order valence-electron chi connectivity index (χ0n) is 9.99. The normalized spacial score (nSPS) is 15.8. The molecule has 0 radical (unpaired) electrons. The minimum absolute atomic E-state index is 0.120. The largest absolute Gasteiger partial charge is 0.497 e. The first-order chi connectivity index (χ1) is 7.17. The number of rotatable bonds is 5. The van der Waals surface area contributed by atoms with E-state index < -0.39 is 6.58 Å². The topological polar surface area (TPSA) is 18.5 Å². The minimum Gasteiger partial charge on any atom is -0.497 e. The third-order valence-corrected chi connectivity index (χ3v) is 2.13. The summed E-state index contributed by atoms with van der Waals surface area (Å²) >= 11 is 0. The fourth-order valence-electron chi connectivity index (χ4n) is 0.973. The molecule has 0 bridgehead atoms. The van der Waals surface area contributed by atoms with Gasteiger partial charge in [-0.15, -0.1) is 0 Å². The highest BCUT2D eigenvalue weighted by molar-refractivity contribution is 5.26. The molecule has 0 N–H and O–H groups in total. The fraction of sp³-hybridized carbons (Fsp3) is 0.500. The van der Waals surface area contributed by atoms with Crippen molar-refractivity contribution >= 4 is 0 Å². The SMILES string of the molecule is [2H]C(OC(C)CC)c1ccc(OC)cc1. The van der Waals surface area contributed by atoms with Gasteiger partial charge in [0.25, 0.3) is 0 Å². The van der Waals surface area contributed by atoms with E-state index in [4.69, 9.17) is 10.8 Å². The first kappa shape index (κ1) is 9.53. The first-order valence-electron chi connectivity index (χ1n) is 5.46. The third kappa shape index (κ3) is 3.38. The maximum atomic E-state index is 7.81. The van der Waals surface area contributed by atoms with Crippen molar-refractivity contribution in [2.75, 3.05) is 7.11 Å². The molecule has 0 aromatic heterocycles. The zero-order chi connectivity index (χ0) is 11.3. The second-order valence-corrected chi connectivity index (χ2v) is 3.25. The molecule has 78 valence electrons. The Bertz CT molecular complexity index is 284. The predicted molar refractivity (Wildman–Crippen MR) is 57.5 cm³/mol. The van der Waals surface area contributed by atoms with Gasteiger partial charge >= 0.3 is 0 Å². The highest BCUT2D eigenvalue weighted by Gasteiger charge is 1.99. The molecule has 0 aliphatic carbocycles. The van der Waals surface area contributed by atoms with Gasteiger partial charge in [-0.05, 0) is 31.0 Å². The Labute approximate surface area is 87.3 Å². The van der Waals surface area contributed by atoms with Crippen LogP contribution < -0.4 is 4.74 Å². The monoisotopic (exact) mass is 195 g/mol. The minimum atomic E-state index is -0.606. The number of hydrogen-bond donors (Lipinski definition) is 0. The average Bonchev–Trinajstić information content (AvgIpc) is 2.29. The van der Waals surface area contributed by atoms with Crippen LogP contribution in [0.15, 0.2) is 24.3 Å². The average molecular weight is 195 g/mol. The van der Waals surface area contributed by atoms with Crippen molar-refractivity contribution in [2.24, 2.45) is 0 Å². The van der Waals surface area contributed by atoms with Crippen molar-refractivity contribution < 1.29 is 10.8 Å². The number of hydrogen-bond acceptors (Lipinski definition) is 2. The van der Waals surface area contributed by atoms with Crippen molar-refractivity contribution in [3.05, 3.63) is 29.8 Å². The van der Waals surface area contributed by atoms with Crippen LogP contribution in [0.2, 0.25) is 0 Å². The lowest BCUT2D eigenvalue weighted by Crippen LogP contribution is -2.05. The van der Waals surface area contributed by atoms with Gasteiger partial charge in [0.05, 0.1) is 21.2 Å². The summed E-state index contributed by atoms with van der Waals surface area (Å²) in [4.78, 5) is 0. The summed E-state index contributed by atoms with van der Waals surface area (Å²) in [5.74, 6) is 0.800. The van der Waals surface area contributed by atoms with Gasteiger partial charge in [0.2, 0.25) is 0 Å². The summed E-state index contributed by atoms with van der Waals surface area (Å²) < 4.78 is 18.3. The molecule has 0 aliphatic heterocycles. The molecule has 2 heteroatoms. The lowest BCUT2D eigenvalue weighted by atomic mass is 10.2. The van der Waals surface area contributed by atoms with E-state index in [0.717, 1.165) is 17.7 Å². The van der Waals surface area contributed by atoms with Crippen LogP contribution in [0.3, 0.4) is 0 Å². The van der Waals surface area contributed by atoms with Gasteiger partial charge < -0.3 is 9.47 Å². The van der Waals surface area contributed by atoms with E-state index in [0.29, 0.717) is 0 Å². The van der Waals surface area contributed by atoms with E-state index in [1.807, 2.05) is 38.1 Å². The zero-order valence-corrected chi connectivity index (χ0v) is 8.99. The number of ether oxygens (including phenoxy) is 2. The molecule has 0 saturated carbocycles. The second kappa shape index (κ2) is 5.66. The Hall–Kier alpha value is -1.02. The van der Waals surface area contributed by atoms with Gasteiger partial charge in [-0.1, -0.05) is 19.1 Å². The molecule has 1 aromatic carbocycles. The van der Waals surface area contributed by atoms with Crippen molar-refractivity contribution in [3.63, 3.8) is 0 Å². The van der Waals surface area contributed by atoms with E-state index in [-0.39, 0.29) is 6.10 Å². The van der Waals surface area contributed by atoms with Crippen LogP contribution in [-0.4, -0.2) is 13.2 Å². The van der Waals surface area contributed by atoms with Crippen molar-refractivity contribution in [1.29, 1.82) is 0 Å². The Morgan fingerprint density at radius 1 is 1.36 bits per heavy atom. The fourth-order valence-corrected chi connectivity index (χ4v) is 0.973. The maximum Gasteiger partial charge on any atom is 0.118 e. The van der Waals surface area contributed by atoms with Crippen LogP contribution >= 0.6 is 0 Å². The quantitative estimate of drug-likeness (QED) is 0.719. The van der Waals surface area contributed by atoms with Crippen LogP contribution in [-0.2, 0) is 11.3 Å². The van der Waals surface area contributed by atoms with Crippen molar-refractivity contribution in [2.45, 2.75) is 33.0 Å². The summed E-state index contributed by atoms with van der Waals surface area (Å²) in [5.41, 5.74) is 0.858. The Morgan fingerprint density at radius 3 is 2.50 bits per heavy atom. The van der Waals surface area contributed by atoms with E-state index >= 15 is 0 Å². The summed E-state index contributed by atoms with van der Waals surface area (Å²) in [6.45, 7) is 3.42.